The number of rotatable bonds is 7. The van der Waals surface area contributed by atoms with Crippen LogP contribution in [0.2, 0.25) is 0 Å². The lowest BCUT2D eigenvalue weighted by molar-refractivity contribution is -0.348. The highest BCUT2D eigenvalue weighted by Crippen LogP contribution is 2.57. The molecule has 1 aliphatic heterocycles. The molecule has 2 aromatic rings. The SMILES string of the molecule is CC(C)(C)c1cccc(S(=O)(=O)C23CCN(CC(=O)[C@H]4CC[C@H](C(=O)O)CC4)C2CCc2cc(C(F)(C(F)(F)F)C(F)(F)F)ccc23)c1. The lowest BCUT2D eigenvalue weighted by atomic mass is 9.76. The first-order chi connectivity index (χ1) is 22.1. The Bertz CT molecular complexity index is 1680. The predicted octanol–water partition coefficient (Wildman–Crippen LogP) is 7.42. The van der Waals surface area contributed by atoms with Crippen molar-refractivity contribution >= 4 is 21.6 Å². The molecule has 2 aromatic carbocycles. The summed E-state index contributed by atoms with van der Waals surface area (Å²) in [6.45, 7) is 5.60. The molecule has 14 heteroatoms. The van der Waals surface area contributed by atoms with Gasteiger partial charge in [0.2, 0.25) is 0 Å². The van der Waals surface area contributed by atoms with Crippen molar-refractivity contribution in [1.82, 2.24) is 4.90 Å². The highest BCUT2D eigenvalue weighted by molar-refractivity contribution is 7.92. The highest BCUT2D eigenvalue weighted by atomic mass is 32.2. The molecule has 1 heterocycles. The average Bonchev–Trinajstić information content (AvgIpc) is 3.39. The molecule has 1 saturated carbocycles. The number of sulfone groups is 1. The van der Waals surface area contributed by atoms with Gasteiger partial charge in [0, 0.05) is 24.1 Å². The Hall–Kier alpha value is -3.00. The van der Waals surface area contributed by atoms with Gasteiger partial charge in [-0.05, 0) is 79.2 Å². The molecule has 2 atom stereocenters. The van der Waals surface area contributed by atoms with Crippen molar-refractivity contribution in [3.8, 4) is 0 Å². The summed E-state index contributed by atoms with van der Waals surface area (Å²) >= 11 is 0. The molecule has 6 nitrogen and oxygen atoms in total. The van der Waals surface area contributed by atoms with E-state index in [1.54, 1.807) is 17.0 Å². The van der Waals surface area contributed by atoms with Crippen LogP contribution in [-0.2, 0) is 41.7 Å². The van der Waals surface area contributed by atoms with Gasteiger partial charge in [-0.15, -0.1) is 0 Å². The number of nitrogens with zero attached hydrogens (tertiary/aromatic N) is 1. The van der Waals surface area contributed by atoms with Crippen LogP contribution in [0.5, 0.6) is 0 Å². The number of hydrogen-bond acceptors (Lipinski definition) is 5. The van der Waals surface area contributed by atoms with Gasteiger partial charge >= 0.3 is 24.0 Å². The van der Waals surface area contributed by atoms with E-state index in [-0.39, 0.29) is 54.2 Å². The third kappa shape index (κ3) is 5.84. The maximum Gasteiger partial charge on any atom is 0.435 e. The molecule has 3 aliphatic rings. The Kier molecular flexibility index (Phi) is 9.15. The molecule has 264 valence electrons. The standard InChI is InChI=1S/C34H38F7NO5S/c1-30(2,3)23-5-4-6-25(18-23)48(46,47)31-15-16-42(19-27(43)20-7-9-21(10-8-20)29(44)45)28(31)14-11-22-17-24(12-13-26(22)31)32(35,33(36,37)38)34(39,40)41/h4-6,12-13,17-18,20-21,28H,7-11,14-16,19H2,1-3H3,(H,44,45)/t20-,21-,28?,31?. The minimum absolute atomic E-state index is 0.00715. The van der Waals surface area contributed by atoms with E-state index in [9.17, 15) is 49.5 Å². The van der Waals surface area contributed by atoms with Crippen LogP contribution < -0.4 is 0 Å². The molecule has 5 rings (SSSR count). The van der Waals surface area contributed by atoms with Crippen molar-refractivity contribution in [2.24, 2.45) is 11.8 Å². The van der Waals surface area contributed by atoms with Gasteiger partial charge in [-0.2, -0.15) is 26.3 Å². The van der Waals surface area contributed by atoms with Gasteiger partial charge in [-0.3, -0.25) is 14.5 Å². The second kappa shape index (κ2) is 12.1. The first kappa shape index (κ1) is 36.3. The molecule has 2 aliphatic carbocycles. The van der Waals surface area contributed by atoms with Crippen LogP contribution in [0.3, 0.4) is 0 Å². The Balaban J connectivity index is 1.60. The normalized spacial score (nSPS) is 25.8. The smallest absolute Gasteiger partial charge is 0.435 e. The molecule has 0 spiro atoms. The number of halogens is 7. The molecule has 2 fully saturated rings. The van der Waals surface area contributed by atoms with Crippen LogP contribution in [0.25, 0.3) is 0 Å². The second-order valence-electron chi connectivity index (χ2n) is 14.3. The third-order valence-corrected chi connectivity index (χ3v) is 13.1. The number of ketones is 1. The Morgan fingerprint density at radius 3 is 2.02 bits per heavy atom. The van der Waals surface area contributed by atoms with Crippen LogP contribution in [0.15, 0.2) is 47.4 Å². The highest BCUT2D eigenvalue weighted by Gasteiger charge is 2.73. The van der Waals surface area contributed by atoms with E-state index in [4.69, 9.17) is 0 Å². The fraction of sp³-hybridized carbons (Fsp3) is 0.588. The molecular formula is C34H38F7NO5S. The number of hydrogen-bond donors (Lipinski definition) is 1. The molecule has 0 radical (unpaired) electrons. The Labute approximate surface area is 274 Å². The van der Waals surface area contributed by atoms with Gasteiger partial charge in [0.1, 0.15) is 10.5 Å². The van der Waals surface area contributed by atoms with Gasteiger partial charge in [0.05, 0.1) is 17.4 Å². The number of carboxylic acids is 1. The van der Waals surface area contributed by atoms with Crippen molar-refractivity contribution in [2.75, 3.05) is 13.1 Å². The van der Waals surface area contributed by atoms with Crippen molar-refractivity contribution in [2.45, 2.75) is 105 Å². The minimum atomic E-state index is -6.33. The Morgan fingerprint density at radius 1 is 0.854 bits per heavy atom. The Morgan fingerprint density at radius 2 is 1.46 bits per heavy atom. The maximum atomic E-state index is 15.1. The fourth-order valence-corrected chi connectivity index (χ4v) is 10.3. The van der Waals surface area contributed by atoms with E-state index in [1.807, 2.05) is 20.8 Å². The minimum Gasteiger partial charge on any atom is -0.481 e. The summed E-state index contributed by atoms with van der Waals surface area (Å²) in [5, 5.41) is 9.32. The second-order valence-corrected chi connectivity index (χ2v) is 16.5. The molecule has 0 aromatic heterocycles. The van der Waals surface area contributed by atoms with Crippen LogP contribution in [0.4, 0.5) is 30.7 Å². The van der Waals surface area contributed by atoms with Crippen molar-refractivity contribution < 1.29 is 53.8 Å². The first-order valence-electron chi connectivity index (χ1n) is 15.9. The molecular weight excluding hydrogens is 667 g/mol. The number of aliphatic carboxylic acids is 1. The van der Waals surface area contributed by atoms with Crippen LogP contribution in [0, 0.1) is 11.8 Å². The van der Waals surface area contributed by atoms with Crippen LogP contribution >= 0.6 is 0 Å². The van der Waals surface area contributed by atoms with E-state index in [0.29, 0.717) is 43.4 Å². The fourth-order valence-electron chi connectivity index (χ4n) is 7.84. The molecule has 0 amide bonds. The van der Waals surface area contributed by atoms with Gasteiger partial charge in [-0.25, -0.2) is 12.8 Å². The maximum absolute atomic E-state index is 15.1. The number of likely N-dealkylation sites (tertiary alicyclic amines) is 1. The van der Waals surface area contributed by atoms with E-state index in [1.165, 1.54) is 12.1 Å². The first-order valence-corrected chi connectivity index (χ1v) is 17.3. The van der Waals surface area contributed by atoms with Gasteiger partial charge in [0.15, 0.2) is 9.84 Å². The lowest BCUT2D eigenvalue weighted by Crippen LogP contribution is -2.53. The van der Waals surface area contributed by atoms with Crippen molar-refractivity contribution in [3.05, 3.63) is 64.7 Å². The summed E-state index contributed by atoms with van der Waals surface area (Å²) in [6, 6.07) is 7.11. The topological polar surface area (TPSA) is 91.8 Å². The summed E-state index contributed by atoms with van der Waals surface area (Å²) in [6.07, 6.45) is -11.5. The number of aryl methyl sites for hydroxylation is 1. The number of benzene rings is 2. The monoisotopic (exact) mass is 705 g/mol. The largest absolute Gasteiger partial charge is 0.481 e. The van der Waals surface area contributed by atoms with E-state index < -0.39 is 67.4 Å². The van der Waals surface area contributed by atoms with E-state index >= 15 is 4.39 Å². The molecule has 1 N–H and O–H groups in total. The van der Waals surface area contributed by atoms with Gasteiger partial charge < -0.3 is 5.11 Å². The summed E-state index contributed by atoms with van der Waals surface area (Å²) in [7, 11) is -4.43. The number of carboxylic acid groups (broad SMARTS) is 1. The molecule has 2 unspecified atom stereocenters. The van der Waals surface area contributed by atoms with Gasteiger partial charge in [-0.1, -0.05) is 51.1 Å². The van der Waals surface area contributed by atoms with E-state index in [2.05, 4.69) is 0 Å². The molecule has 0 bridgehead atoms. The summed E-state index contributed by atoms with van der Waals surface area (Å²) < 4.78 is 125. The number of Topliss-reactive ketones (excluding diaryl/α,β-unsaturated/α-hetero) is 1. The third-order valence-electron chi connectivity index (χ3n) is 10.6. The number of carbonyl (C=O) groups excluding carboxylic acids is 1. The van der Waals surface area contributed by atoms with E-state index in [0.717, 1.165) is 6.07 Å². The quantitative estimate of drug-likeness (QED) is 0.302. The van der Waals surface area contributed by atoms with Gasteiger partial charge in [0.25, 0.3) is 0 Å². The summed E-state index contributed by atoms with van der Waals surface area (Å²) in [5.74, 6) is -2.07. The van der Waals surface area contributed by atoms with Crippen molar-refractivity contribution in [1.29, 1.82) is 0 Å². The number of fused-ring (bicyclic) bond motifs is 3. The summed E-state index contributed by atoms with van der Waals surface area (Å²) in [5.41, 5.74) is -7.27. The van der Waals surface area contributed by atoms with Crippen LogP contribution in [0.1, 0.15) is 81.5 Å². The van der Waals surface area contributed by atoms with Crippen molar-refractivity contribution in [3.63, 3.8) is 0 Å². The van der Waals surface area contributed by atoms with Crippen LogP contribution in [-0.4, -0.2) is 61.7 Å². The zero-order valence-corrected chi connectivity index (χ0v) is 27.5. The number of carbonyl (C=O) groups is 2. The molecule has 1 saturated heterocycles. The summed E-state index contributed by atoms with van der Waals surface area (Å²) in [4.78, 5) is 26.5. The number of alkyl halides is 7. The zero-order chi connectivity index (χ0) is 35.7. The zero-order valence-electron chi connectivity index (χ0n) is 26.7. The predicted molar refractivity (Wildman–Crippen MR) is 162 cm³/mol. The molecule has 48 heavy (non-hydrogen) atoms. The lowest BCUT2D eigenvalue weighted by Gasteiger charge is -2.43. The average molecular weight is 706 g/mol.